The van der Waals surface area contributed by atoms with Crippen LogP contribution in [-0.4, -0.2) is 29.4 Å². The van der Waals surface area contributed by atoms with E-state index in [9.17, 15) is 9.59 Å². The summed E-state index contributed by atoms with van der Waals surface area (Å²) in [4.78, 5) is 30.8. The molecule has 0 atom stereocenters. The largest absolute Gasteiger partial charge is 0.489 e. The van der Waals surface area contributed by atoms with Gasteiger partial charge in [-0.25, -0.2) is 0 Å². The van der Waals surface area contributed by atoms with Crippen molar-refractivity contribution < 1.29 is 14.3 Å². The fraction of sp³-hybridized carbons (Fsp3) is 0.261. The van der Waals surface area contributed by atoms with Crippen LogP contribution in [0.1, 0.15) is 27.2 Å². The van der Waals surface area contributed by atoms with Gasteiger partial charge in [0.1, 0.15) is 5.75 Å². The van der Waals surface area contributed by atoms with E-state index in [1.54, 1.807) is 17.2 Å². The maximum absolute atomic E-state index is 12.6. The summed E-state index contributed by atoms with van der Waals surface area (Å²) in [6, 6.07) is 16.8. The molecule has 0 aliphatic carbocycles. The fourth-order valence-electron chi connectivity index (χ4n) is 3.11. The number of fused-ring (bicyclic) bond motifs is 1. The van der Waals surface area contributed by atoms with E-state index < -0.39 is 0 Å². The zero-order valence-electron chi connectivity index (χ0n) is 16.9. The van der Waals surface area contributed by atoms with E-state index in [1.165, 1.54) is 6.92 Å². The number of carbonyl (C=O) groups excluding carboxylic acids is 2. The molecule has 0 aliphatic rings. The Morgan fingerprint density at radius 2 is 1.83 bits per heavy atom. The van der Waals surface area contributed by atoms with E-state index in [0.29, 0.717) is 17.1 Å². The number of para-hydroxylation sites is 3. The standard InChI is InChI=1S/C23H25N3O3/c1-16(2)29-21-12-5-4-10-19(21)25-22(28)13-15-26(17(3)27)20-11-6-8-18-9-7-14-24-23(18)20/h4-12,14,16H,13,15H2,1-3H3,(H,25,28). The van der Waals surface area contributed by atoms with Crippen molar-refractivity contribution in [3.63, 3.8) is 0 Å². The van der Waals surface area contributed by atoms with E-state index in [1.807, 2.05) is 62.4 Å². The summed E-state index contributed by atoms with van der Waals surface area (Å²) in [6.45, 7) is 5.61. The van der Waals surface area contributed by atoms with Gasteiger partial charge in [-0.05, 0) is 38.1 Å². The number of benzene rings is 2. The summed E-state index contributed by atoms with van der Waals surface area (Å²) >= 11 is 0. The van der Waals surface area contributed by atoms with Gasteiger partial charge in [-0.3, -0.25) is 14.6 Å². The Hall–Kier alpha value is -3.41. The first-order valence-corrected chi connectivity index (χ1v) is 9.63. The van der Waals surface area contributed by atoms with Crippen molar-refractivity contribution in [1.29, 1.82) is 0 Å². The highest BCUT2D eigenvalue weighted by atomic mass is 16.5. The second-order valence-corrected chi connectivity index (χ2v) is 6.98. The van der Waals surface area contributed by atoms with Crippen LogP contribution in [-0.2, 0) is 9.59 Å². The van der Waals surface area contributed by atoms with Gasteiger partial charge in [-0.15, -0.1) is 0 Å². The Labute approximate surface area is 170 Å². The molecule has 2 amide bonds. The van der Waals surface area contributed by atoms with Gasteiger partial charge in [-0.2, -0.15) is 0 Å². The number of ether oxygens (including phenoxy) is 1. The van der Waals surface area contributed by atoms with Gasteiger partial charge in [0.05, 0.1) is 23.0 Å². The first-order valence-electron chi connectivity index (χ1n) is 9.63. The number of pyridine rings is 1. The van der Waals surface area contributed by atoms with Crippen LogP contribution in [0.4, 0.5) is 11.4 Å². The van der Waals surface area contributed by atoms with Gasteiger partial charge in [0, 0.05) is 31.5 Å². The number of anilines is 2. The second-order valence-electron chi connectivity index (χ2n) is 6.98. The SMILES string of the molecule is CC(=O)N(CCC(=O)Nc1ccccc1OC(C)C)c1cccc2cccnc12. The van der Waals surface area contributed by atoms with E-state index in [4.69, 9.17) is 4.74 Å². The molecular weight excluding hydrogens is 366 g/mol. The maximum Gasteiger partial charge on any atom is 0.226 e. The number of rotatable bonds is 7. The van der Waals surface area contributed by atoms with Gasteiger partial charge in [0.15, 0.2) is 0 Å². The molecule has 0 bridgehead atoms. The zero-order valence-corrected chi connectivity index (χ0v) is 16.9. The average molecular weight is 391 g/mol. The molecule has 1 heterocycles. The van der Waals surface area contributed by atoms with Gasteiger partial charge < -0.3 is 15.0 Å². The highest BCUT2D eigenvalue weighted by Crippen LogP contribution is 2.27. The Bertz CT molecular complexity index is 1010. The molecule has 1 N–H and O–H groups in total. The number of aromatic nitrogens is 1. The number of hydrogen-bond donors (Lipinski definition) is 1. The second kappa shape index (κ2) is 9.19. The molecule has 29 heavy (non-hydrogen) atoms. The first kappa shape index (κ1) is 20.3. The smallest absolute Gasteiger partial charge is 0.226 e. The minimum Gasteiger partial charge on any atom is -0.489 e. The van der Waals surface area contributed by atoms with Crippen LogP contribution < -0.4 is 15.0 Å². The van der Waals surface area contributed by atoms with Crippen LogP contribution in [0, 0.1) is 0 Å². The van der Waals surface area contributed by atoms with Crippen molar-refractivity contribution in [3.05, 3.63) is 60.8 Å². The third-order valence-corrected chi connectivity index (χ3v) is 4.37. The minimum absolute atomic E-state index is 0.000109. The Balaban J connectivity index is 1.73. The van der Waals surface area contributed by atoms with E-state index in [2.05, 4.69) is 10.3 Å². The molecule has 0 fully saturated rings. The number of amides is 2. The number of nitrogens with one attached hydrogen (secondary N) is 1. The minimum atomic E-state index is -0.191. The monoisotopic (exact) mass is 391 g/mol. The van der Waals surface area contributed by atoms with Crippen LogP contribution in [0.5, 0.6) is 5.75 Å². The lowest BCUT2D eigenvalue weighted by atomic mass is 10.1. The molecule has 6 heteroatoms. The highest BCUT2D eigenvalue weighted by molar-refractivity contribution is 6.02. The summed E-state index contributed by atoms with van der Waals surface area (Å²) in [5, 5.41) is 3.83. The lowest BCUT2D eigenvalue weighted by molar-refractivity contribution is -0.117. The molecule has 3 rings (SSSR count). The van der Waals surface area contributed by atoms with Crippen molar-refractivity contribution in [3.8, 4) is 5.75 Å². The predicted octanol–water partition coefficient (Wildman–Crippen LogP) is 4.40. The van der Waals surface area contributed by atoms with Crippen molar-refractivity contribution in [1.82, 2.24) is 4.98 Å². The number of nitrogens with zero attached hydrogens (tertiary/aromatic N) is 2. The third-order valence-electron chi connectivity index (χ3n) is 4.37. The molecule has 0 saturated carbocycles. The fourth-order valence-corrected chi connectivity index (χ4v) is 3.11. The molecule has 0 saturated heterocycles. The summed E-state index contributed by atoms with van der Waals surface area (Å²) in [6.07, 6.45) is 1.85. The molecule has 0 spiro atoms. The van der Waals surface area contributed by atoms with Crippen LogP contribution >= 0.6 is 0 Å². The molecule has 0 unspecified atom stereocenters. The first-order chi connectivity index (χ1) is 14.0. The van der Waals surface area contributed by atoms with Crippen molar-refractivity contribution in [2.24, 2.45) is 0 Å². The van der Waals surface area contributed by atoms with Crippen LogP contribution in [0.3, 0.4) is 0 Å². The van der Waals surface area contributed by atoms with Crippen LogP contribution in [0.2, 0.25) is 0 Å². The lowest BCUT2D eigenvalue weighted by Gasteiger charge is -2.22. The molecular formula is C23H25N3O3. The lowest BCUT2D eigenvalue weighted by Crippen LogP contribution is -2.32. The predicted molar refractivity (Wildman–Crippen MR) is 115 cm³/mol. The summed E-state index contributed by atoms with van der Waals surface area (Å²) < 4.78 is 5.74. The van der Waals surface area contributed by atoms with Crippen LogP contribution in [0.15, 0.2) is 60.8 Å². The third kappa shape index (κ3) is 5.10. The van der Waals surface area contributed by atoms with E-state index in [0.717, 1.165) is 10.9 Å². The molecule has 1 aromatic heterocycles. The molecule has 3 aromatic rings. The normalized spacial score (nSPS) is 10.8. The maximum atomic E-state index is 12.6. The Morgan fingerprint density at radius 3 is 2.59 bits per heavy atom. The number of carbonyl (C=O) groups is 2. The summed E-state index contributed by atoms with van der Waals surface area (Å²) in [5.41, 5.74) is 2.06. The van der Waals surface area contributed by atoms with Crippen molar-refractivity contribution in [2.75, 3.05) is 16.8 Å². The van der Waals surface area contributed by atoms with E-state index >= 15 is 0 Å². The Morgan fingerprint density at radius 1 is 1.07 bits per heavy atom. The molecule has 150 valence electrons. The molecule has 0 aliphatic heterocycles. The topological polar surface area (TPSA) is 71.5 Å². The molecule has 2 aromatic carbocycles. The van der Waals surface area contributed by atoms with Gasteiger partial charge in [0.2, 0.25) is 11.8 Å². The molecule has 0 radical (unpaired) electrons. The summed E-state index contributed by atoms with van der Waals surface area (Å²) in [7, 11) is 0. The zero-order chi connectivity index (χ0) is 20.8. The van der Waals surface area contributed by atoms with Gasteiger partial charge >= 0.3 is 0 Å². The molecule has 6 nitrogen and oxygen atoms in total. The number of hydrogen-bond acceptors (Lipinski definition) is 4. The van der Waals surface area contributed by atoms with Crippen LogP contribution in [0.25, 0.3) is 10.9 Å². The van der Waals surface area contributed by atoms with Gasteiger partial charge in [-0.1, -0.05) is 30.3 Å². The average Bonchev–Trinajstić information content (AvgIpc) is 2.69. The summed E-state index contributed by atoms with van der Waals surface area (Å²) in [5.74, 6) is 0.293. The quantitative estimate of drug-likeness (QED) is 0.648. The van der Waals surface area contributed by atoms with E-state index in [-0.39, 0.29) is 30.9 Å². The van der Waals surface area contributed by atoms with Crippen molar-refractivity contribution in [2.45, 2.75) is 33.3 Å². The van der Waals surface area contributed by atoms with Crippen molar-refractivity contribution >= 4 is 34.1 Å². The highest BCUT2D eigenvalue weighted by Gasteiger charge is 2.17. The Kier molecular flexibility index (Phi) is 6.44. The van der Waals surface area contributed by atoms with Gasteiger partial charge in [0.25, 0.3) is 0 Å².